The Bertz CT molecular complexity index is 4210. The van der Waals surface area contributed by atoms with E-state index in [-0.39, 0.29) is 101 Å². The SMILES string of the molecule is C1CC[OH+]C1.CC(C)(C)CC(C)(C)c1cc(-c2cc(F)ccc2OCCCOc2ccc(F)cc2-c2cc(C(C)(C)CC(C)(C)C)cc(-n3c4ccc(C(C)(C)C)cc4c4cc(C(C)(C)C)ccc43)c2O)c(O)c(-n2c3ccc(C(C)(C)C)cc3c3cc(C(C)(C)C)ccc32)c1.[CH2-][Si](C)(C)C.[Y]. The molecule has 0 spiro atoms. The zero-order valence-corrected chi connectivity index (χ0v) is 70.5. The fourth-order valence-corrected chi connectivity index (χ4v) is 14.7. The van der Waals surface area contributed by atoms with Crippen LogP contribution in [-0.2, 0) is 65.2 Å². The fraction of sp³-hybridized carbons (Fsp3) is 0.462. The smallest absolute Gasteiger partial charge is 0.147 e. The van der Waals surface area contributed by atoms with Gasteiger partial charge in [-0.3, -0.25) is 0 Å². The van der Waals surface area contributed by atoms with Gasteiger partial charge in [-0.2, -0.15) is 0 Å². The molecule has 3 heterocycles. The first-order valence-corrected chi connectivity index (χ1v) is 40.5. The number of ether oxygens (including phenoxy) is 3. The van der Waals surface area contributed by atoms with Gasteiger partial charge in [-0.05, 0) is 199 Å². The molecule has 11 heteroatoms. The maximum Gasteiger partial charge on any atom is 0.147 e. The van der Waals surface area contributed by atoms with Crippen molar-refractivity contribution in [3.63, 3.8) is 0 Å². The van der Waals surface area contributed by atoms with Crippen molar-refractivity contribution >= 4 is 51.7 Å². The molecule has 2 aromatic heterocycles. The summed E-state index contributed by atoms with van der Waals surface area (Å²) in [5, 5.41) is 30.4. The van der Waals surface area contributed by atoms with Crippen molar-refractivity contribution in [1.29, 1.82) is 0 Å². The molecule has 0 amide bonds. The van der Waals surface area contributed by atoms with Gasteiger partial charge < -0.3 is 40.1 Å². The summed E-state index contributed by atoms with van der Waals surface area (Å²) in [6.45, 7) is 62.3. The molecule has 0 saturated carbocycles. The Morgan fingerprint density at radius 2 is 0.686 bits per heavy atom. The van der Waals surface area contributed by atoms with E-state index in [9.17, 15) is 10.2 Å². The molecule has 7 nitrogen and oxygen atoms in total. The van der Waals surface area contributed by atoms with E-state index in [4.69, 9.17) is 9.47 Å². The average molecular weight is 1480 g/mol. The third-order valence-electron chi connectivity index (χ3n) is 19.3. The number of hydrogen-bond acceptors (Lipinski definition) is 4. The number of aliphatic hydroxyl groups is 2. The number of phenols is 2. The molecule has 11 rings (SSSR count). The van der Waals surface area contributed by atoms with Gasteiger partial charge in [-0.25, -0.2) is 8.78 Å². The largest absolute Gasteiger partial charge is 0.505 e. The second-order valence-corrected chi connectivity index (χ2v) is 43.0. The van der Waals surface area contributed by atoms with Crippen molar-refractivity contribution in [2.45, 2.75) is 237 Å². The van der Waals surface area contributed by atoms with Gasteiger partial charge in [0.2, 0.25) is 0 Å². The number of rotatable bonds is 14. The zero-order valence-electron chi connectivity index (χ0n) is 66.7. The third kappa shape index (κ3) is 19.2. The van der Waals surface area contributed by atoms with Crippen LogP contribution in [0.3, 0.4) is 0 Å². The van der Waals surface area contributed by atoms with Crippen LogP contribution in [0.1, 0.15) is 218 Å². The summed E-state index contributed by atoms with van der Waals surface area (Å²) in [4.78, 5) is 0. The van der Waals surface area contributed by atoms with Gasteiger partial charge in [0.1, 0.15) is 47.8 Å². The molecular formula is C91H120F2N2O5SiY. The van der Waals surface area contributed by atoms with Gasteiger partial charge in [0.05, 0.1) is 46.7 Å². The van der Waals surface area contributed by atoms with Crippen LogP contribution in [0.15, 0.2) is 133 Å². The quantitative estimate of drug-likeness (QED) is 0.0492. The zero-order chi connectivity index (χ0) is 74.7. The van der Waals surface area contributed by atoms with Crippen molar-refractivity contribution in [3.8, 4) is 56.6 Å². The van der Waals surface area contributed by atoms with E-state index in [0.29, 0.717) is 51.5 Å². The maximum atomic E-state index is 15.9. The van der Waals surface area contributed by atoms with Crippen LogP contribution in [0.5, 0.6) is 23.0 Å². The Kier molecular flexibility index (Phi) is 24.2. The van der Waals surface area contributed by atoms with Crippen LogP contribution in [0.2, 0.25) is 19.6 Å². The van der Waals surface area contributed by atoms with Gasteiger partial charge in [0.25, 0.3) is 0 Å². The Hall–Kier alpha value is -6.30. The van der Waals surface area contributed by atoms with E-state index >= 15 is 8.78 Å². The van der Waals surface area contributed by atoms with Crippen molar-refractivity contribution in [2.24, 2.45) is 10.8 Å². The van der Waals surface area contributed by atoms with Crippen molar-refractivity contribution < 1.29 is 65.9 Å². The minimum absolute atomic E-state index is 0. The van der Waals surface area contributed by atoms with Gasteiger partial charge in [0, 0.05) is 95.8 Å². The standard InChI is InChI=1S/C83H100F2N2O4.C4H8O.C4H11Si.Y/c1-76(2,3)48-82(19,20)54-42-64(74(88)70(44-54)86-66-30-24-50(78(7,8)9)38-58(66)59-39-51(79(10,11)12)25-31-67(59)86)62-46-56(84)28-34-72(62)90-36-23-37-91-73-35-29-57(85)47-63(73)65-43-55(83(21,22)49-77(4,5)6)45-71(75(65)89)87-68-32-26-52(80(13,14)15)40-60(68)61-41-53(81(16,17)18)27-33-69(61)87;1-2-4-5-3-1;1-5(2,3)4;/h24-35,38-47,88-89H,23,36-37,48-49H2,1-22H3;1-4H2;1H2,2-4H3;/q;;-1;/p+1. The Labute approximate surface area is 637 Å². The second kappa shape index (κ2) is 30.3. The summed E-state index contributed by atoms with van der Waals surface area (Å²) in [7, 11) is -0.861. The van der Waals surface area contributed by atoms with E-state index in [0.717, 1.165) is 80.8 Å². The van der Waals surface area contributed by atoms with Gasteiger partial charge in [-0.1, -0.05) is 196 Å². The number of hydrogen-bond donors (Lipinski definition) is 2. The summed E-state index contributed by atoms with van der Waals surface area (Å²) < 4.78 is 53.7. The monoisotopic (exact) mass is 1480 g/mol. The number of halogens is 2. The molecule has 10 aromatic rings. The van der Waals surface area contributed by atoms with Crippen LogP contribution >= 0.6 is 0 Å². The van der Waals surface area contributed by atoms with Gasteiger partial charge >= 0.3 is 0 Å². The molecule has 1 fully saturated rings. The molecule has 0 bridgehead atoms. The molecule has 1 radical (unpaired) electrons. The van der Waals surface area contributed by atoms with Crippen LogP contribution in [0.4, 0.5) is 8.78 Å². The predicted octanol–water partition coefficient (Wildman–Crippen LogP) is 25.4. The van der Waals surface area contributed by atoms with Crippen LogP contribution in [0.25, 0.3) is 77.2 Å². The second-order valence-electron chi connectivity index (χ2n) is 37.9. The Balaban J connectivity index is 0.00000111. The van der Waals surface area contributed by atoms with Crippen LogP contribution < -0.4 is 9.47 Å². The first kappa shape index (κ1) is 81.4. The van der Waals surface area contributed by atoms with Crippen molar-refractivity contribution in [2.75, 3.05) is 26.4 Å². The summed E-state index contributed by atoms with van der Waals surface area (Å²) in [5.41, 5.74) is 12.4. The molecule has 8 aromatic carbocycles. The van der Waals surface area contributed by atoms with Crippen LogP contribution in [0, 0.1) is 29.0 Å². The number of benzene rings is 8. The fourth-order valence-electron chi connectivity index (χ4n) is 14.7. The Morgan fingerprint density at radius 3 is 0.931 bits per heavy atom. The predicted molar refractivity (Wildman–Crippen MR) is 430 cm³/mol. The normalized spacial score (nSPS) is 13.7. The topological polar surface area (TPSA) is 81.6 Å². The van der Waals surface area contributed by atoms with E-state index < -0.39 is 19.7 Å². The minimum Gasteiger partial charge on any atom is -0.505 e. The molecule has 102 heavy (non-hydrogen) atoms. The maximum absolute atomic E-state index is 15.9. The molecule has 0 unspecified atom stereocenters. The van der Waals surface area contributed by atoms with E-state index in [1.807, 2.05) is 12.1 Å². The molecule has 0 atom stereocenters. The average Bonchev–Trinajstić information content (AvgIpc) is 1.59. The summed E-state index contributed by atoms with van der Waals surface area (Å²) in [6.07, 6.45) is 4.73. The number of aromatic hydroxyl groups is 2. The van der Waals surface area contributed by atoms with E-state index in [2.05, 4.69) is 277 Å². The van der Waals surface area contributed by atoms with Crippen molar-refractivity contribution in [3.05, 3.63) is 185 Å². The molecule has 3 N–H and O–H groups in total. The summed E-state index contributed by atoms with van der Waals surface area (Å²) in [6, 6.07) is 43.9. The summed E-state index contributed by atoms with van der Waals surface area (Å²) >= 11 is 0. The van der Waals surface area contributed by atoms with Crippen LogP contribution in [-0.4, -0.2) is 58.6 Å². The molecule has 545 valence electrons. The molecule has 1 aliphatic heterocycles. The molecule has 0 aliphatic carbocycles. The third-order valence-corrected chi connectivity index (χ3v) is 19.3. The number of aromatic nitrogens is 2. The number of fused-ring (bicyclic) bond motifs is 6. The van der Waals surface area contributed by atoms with Crippen molar-refractivity contribution in [1.82, 2.24) is 9.13 Å². The first-order valence-electron chi connectivity index (χ1n) is 36.8. The number of nitrogens with zero attached hydrogens (tertiary/aromatic N) is 2. The molecule has 1 saturated heterocycles. The Morgan fingerprint density at radius 1 is 0.402 bits per heavy atom. The number of phenolic OH excluding ortho intramolecular Hbond substituents is 2. The van der Waals surface area contributed by atoms with E-state index in [1.165, 1.54) is 59.4 Å². The minimum atomic E-state index is -0.861. The molecule has 1 aliphatic rings. The van der Waals surface area contributed by atoms with E-state index in [1.54, 1.807) is 12.1 Å². The first-order chi connectivity index (χ1) is 46.5. The summed E-state index contributed by atoms with van der Waals surface area (Å²) in [5.74, 6) is -0.0900. The molecular weight excluding hydrogens is 1360 g/mol. The van der Waals surface area contributed by atoms with Gasteiger partial charge in [-0.15, -0.1) is 8.07 Å². The van der Waals surface area contributed by atoms with Gasteiger partial charge in [0.15, 0.2) is 0 Å².